The zero-order valence-electron chi connectivity index (χ0n) is 5.94. The zero-order valence-corrected chi connectivity index (χ0v) is 7.53. The molecular formula is C8H7BrF2. The Morgan fingerprint density at radius 1 is 1.18 bits per heavy atom. The Kier molecular flexibility index (Phi) is 2.28. The molecule has 0 spiro atoms. The van der Waals surface area contributed by atoms with Gasteiger partial charge < -0.3 is 0 Å². The summed E-state index contributed by atoms with van der Waals surface area (Å²) in [5.74, 6) is 0. The van der Waals surface area contributed by atoms with Gasteiger partial charge in [0.15, 0.2) is 0 Å². The van der Waals surface area contributed by atoms with Crippen LogP contribution in [-0.2, 0) is 4.83 Å². The third kappa shape index (κ3) is 2.26. The Morgan fingerprint density at radius 2 is 1.64 bits per heavy atom. The molecule has 1 aromatic carbocycles. The lowest BCUT2D eigenvalue weighted by molar-refractivity contribution is 0.114. The quantitative estimate of drug-likeness (QED) is 0.637. The number of hydrogen-bond donors (Lipinski definition) is 0. The fourth-order valence-electron chi connectivity index (χ4n) is 0.743. The van der Waals surface area contributed by atoms with Gasteiger partial charge in [-0.25, -0.2) is 0 Å². The summed E-state index contributed by atoms with van der Waals surface area (Å²) in [5.41, 5.74) is 0.966. The standard InChI is InChI=1S/C8H7BrF2/c1-6-2-4-7(5-3-6)8(9,10)11/h2-5H,1H3. The van der Waals surface area contributed by atoms with E-state index in [0.29, 0.717) is 0 Å². The van der Waals surface area contributed by atoms with Gasteiger partial charge in [0, 0.05) is 5.56 Å². The van der Waals surface area contributed by atoms with Crippen LogP contribution in [0.15, 0.2) is 24.3 Å². The summed E-state index contributed by atoms with van der Waals surface area (Å²) in [6, 6.07) is 6.13. The lowest BCUT2D eigenvalue weighted by atomic mass is 10.2. The number of alkyl halides is 3. The third-order valence-electron chi connectivity index (χ3n) is 1.38. The first kappa shape index (κ1) is 8.65. The predicted molar refractivity (Wildman–Crippen MR) is 44.0 cm³/mol. The molecule has 0 aromatic heterocycles. The molecule has 0 radical (unpaired) electrons. The molecule has 0 saturated carbocycles. The maximum Gasteiger partial charge on any atom is 0.326 e. The van der Waals surface area contributed by atoms with Crippen LogP contribution in [0.1, 0.15) is 11.1 Å². The number of halogens is 3. The summed E-state index contributed by atoms with van der Waals surface area (Å²) in [7, 11) is 0. The lowest BCUT2D eigenvalue weighted by Crippen LogP contribution is -2.01. The summed E-state index contributed by atoms with van der Waals surface area (Å²) < 4.78 is 25.0. The van der Waals surface area contributed by atoms with Gasteiger partial charge in [-0.15, -0.1) is 0 Å². The molecule has 0 amide bonds. The summed E-state index contributed by atoms with van der Waals surface area (Å²) in [6.07, 6.45) is 0. The molecule has 0 N–H and O–H groups in total. The van der Waals surface area contributed by atoms with E-state index in [9.17, 15) is 8.78 Å². The molecule has 0 aliphatic rings. The highest BCUT2D eigenvalue weighted by atomic mass is 79.9. The van der Waals surface area contributed by atoms with E-state index in [0.717, 1.165) is 5.56 Å². The van der Waals surface area contributed by atoms with Crippen LogP contribution in [0, 0.1) is 6.92 Å². The minimum absolute atomic E-state index is 0.0110. The summed E-state index contributed by atoms with van der Waals surface area (Å²) in [5, 5.41) is 0. The van der Waals surface area contributed by atoms with Gasteiger partial charge in [-0.1, -0.05) is 29.8 Å². The van der Waals surface area contributed by atoms with E-state index in [1.54, 1.807) is 12.1 Å². The van der Waals surface area contributed by atoms with Crippen molar-refractivity contribution in [1.82, 2.24) is 0 Å². The van der Waals surface area contributed by atoms with Crippen LogP contribution in [0.4, 0.5) is 8.78 Å². The second-order valence-corrected chi connectivity index (χ2v) is 3.36. The van der Waals surface area contributed by atoms with Crippen molar-refractivity contribution in [2.45, 2.75) is 11.8 Å². The average molecular weight is 221 g/mol. The van der Waals surface area contributed by atoms with Crippen molar-refractivity contribution < 1.29 is 8.78 Å². The highest BCUT2D eigenvalue weighted by Gasteiger charge is 2.26. The van der Waals surface area contributed by atoms with Crippen LogP contribution in [0.25, 0.3) is 0 Å². The molecule has 11 heavy (non-hydrogen) atoms. The van der Waals surface area contributed by atoms with E-state index in [-0.39, 0.29) is 5.56 Å². The fraction of sp³-hybridized carbons (Fsp3) is 0.250. The van der Waals surface area contributed by atoms with Crippen molar-refractivity contribution in [1.29, 1.82) is 0 Å². The monoisotopic (exact) mass is 220 g/mol. The van der Waals surface area contributed by atoms with Gasteiger partial charge >= 0.3 is 4.83 Å². The van der Waals surface area contributed by atoms with Crippen molar-refractivity contribution in [3.63, 3.8) is 0 Å². The Hall–Kier alpha value is -0.440. The van der Waals surface area contributed by atoms with E-state index in [2.05, 4.69) is 15.9 Å². The van der Waals surface area contributed by atoms with Crippen LogP contribution >= 0.6 is 15.9 Å². The van der Waals surface area contributed by atoms with Gasteiger partial charge in [0.25, 0.3) is 0 Å². The number of hydrogen-bond acceptors (Lipinski definition) is 0. The molecule has 0 atom stereocenters. The molecule has 3 heteroatoms. The van der Waals surface area contributed by atoms with E-state index in [1.807, 2.05) is 6.92 Å². The van der Waals surface area contributed by atoms with E-state index in [4.69, 9.17) is 0 Å². The van der Waals surface area contributed by atoms with Crippen LogP contribution < -0.4 is 0 Å². The molecule has 0 heterocycles. The highest BCUT2D eigenvalue weighted by molar-refractivity contribution is 9.09. The van der Waals surface area contributed by atoms with Crippen molar-refractivity contribution in [3.8, 4) is 0 Å². The molecule has 0 aliphatic heterocycles. The van der Waals surface area contributed by atoms with Gasteiger partial charge in [-0.2, -0.15) is 8.78 Å². The average Bonchev–Trinajstić information content (AvgIpc) is 1.86. The first-order valence-electron chi connectivity index (χ1n) is 3.14. The molecule has 0 nitrogen and oxygen atoms in total. The van der Waals surface area contributed by atoms with Gasteiger partial charge in [0.1, 0.15) is 0 Å². The minimum atomic E-state index is -2.90. The zero-order chi connectivity index (χ0) is 8.48. The Labute approximate surface area is 72.4 Å². The van der Waals surface area contributed by atoms with Crippen molar-refractivity contribution in [3.05, 3.63) is 35.4 Å². The second kappa shape index (κ2) is 2.89. The van der Waals surface area contributed by atoms with Gasteiger partial charge in [0.2, 0.25) is 0 Å². The van der Waals surface area contributed by atoms with Crippen molar-refractivity contribution in [2.75, 3.05) is 0 Å². The summed E-state index contributed by atoms with van der Waals surface area (Å²) in [4.78, 5) is -2.90. The van der Waals surface area contributed by atoms with Gasteiger partial charge in [-0.3, -0.25) is 0 Å². The normalized spacial score (nSPS) is 11.6. The Bertz CT molecular complexity index is 235. The van der Waals surface area contributed by atoms with Crippen LogP contribution in [-0.4, -0.2) is 0 Å². The highest BCUT2D eigenvalue weighted by Crippen LogP contribution is 2.34. The molecule has 0 unspecified atom stereocenters. The Balaban J connectivity index is 2.99. The van der Waals surface area contributed by atoms with Crippen LogP contribution in [0.3, 0.4) is 0 Å². The molecule has 1 aromatic rings. The second-order valence-electron chi connectivity index (χ2n) is 2.36. The molecule has 0 saturated heterocycles. The number of rotatable bonds is 1. The Morgan fingerprint density at radius 3 is 2.00 bits per heavy atom. The van der Waals surface area contributed by atoms with Crippen molar-refractivity contribution in [2.24, 2.45) is 0 Å². The van der Waals surface area contributed by atoms with E-state index in [1.165, 1.54) is 12.1 Å². The fourth-order valence-corrected chi connectivity index (χ4v) is 1.01. The van der Waals surface area contributed by atoms with Gasteiger partial charge in [0.05, 0.1) is 0 Å². The summed E-state index contributed by atoms with van der Waals surface area (Å²) in [6.45, 7) is 1.86. The van der Waals surface area contributed by atoms with Crippen LogP contribution in [0.5, 0.6) is 0 Å². The molecule has 0 fully saturated rings. The smallest absolute Gasteiger partial charge is 0.188 e. The number of benzene rings is 1. The molecule has 1 rings (SSSR count). The molecule has 0 bridgehead atoms. The SMILES string of the molecule is Cc1ccc(C(F)(F)Br)cc1. The maximum atomic E-state index is 12.5. The lowest BCUT2D eigenvalue weighted by Gasteiger charge is -2.07. The van der Waals surface area contributed by atoms with E-state index < -0.39 is 4.83 Å². The summed E-state index contributed by atoms with van der Waals surface area (Å²) >= 11 is 2.28. The molecule has 60 valence electrons. The first-order chi connectivity index (χ1) is 5.00. The predicted octanol–water partition coefficient (Wildman–Crippen LogP) is 3.44. The van der Waals surface area contributed by atoms with Gasteiger partial charge in [-0.05, 0) is 22.9 Å². The molecular weight excluding hydrogens is 214 g/mol. The first-order valence-corrected chi connectivity index (χ1v) is 3.93. The largest absolute Gasteiger partial charge is 0.326 e. The van der Waals surface area contributed by atoms with Crippen LogP contribution in [0.2, 0.25) is 0 Å². The molecule has 0 aliphatic carbocycles. The van der Waals surface area contributed by atoms with E-state index >= 15 is 0 Å². The topological polar surface area (TPSA) is 0 Å². The third-order valence-corrected chi connectivity index (χ3v) is 1.84. The number of aryl methyl sites for hydroxylation is 1. The minimum Gasteiger partial charge on any atom is -0.188 e. The van der Waals surface area contributed by atoms with Crippen molar-refractivity contribution >= 4 is 15.9 Å². The maximum absolute atomic E-state index is 12.5.